The molecule has 0 radical (unpaired) electrons. The predicted molar refractivity (Wildman–Crippen MR) is 39.8 cm³/mol. The standard InChI is InChI=1S/C8H15NO/c10-6-5-9-7-1-2-8(9)4-3-7/h7-8,10H,1-6H2. The van der Waals surface area contributed by atoms with E-state index in [9.17, 15) is 0 Å². The van der Waals surface area contributed by atoms with E-state index in [1.807, 2.05) is 0 Å². The van der Waals surface area contributed by atoms with Crippen LogP contribution in [0, 0.1) is 0 Å². The molecule has 58 valence electrons. The highest BCUT2D eigenvalue weighted by Gasteiger charge is 2.38. The van der Waals surface area contributed by atoms with Crippen molar-refractivity contribution in [2.75, 3.05) is 13.2 Å². The van der Waals surface area contributed by atoms with Crippen molar-refractivity contribution in [2.24, 2.45) is 0 Å². The smallest absolute Gasteiger partial charge is 0.0558 e. The highest BCUT2D eigenvalue weighted by molar-refractivity contribution is 4.94. The molecule has 0 saturated carbocycles. The van der Waals surface area contributed by atoms with Gasteiger partial charge in [-0.25, -0.2) is 0 Å². The monoisotopic (exact) mass is 141 g/mol. The van der Waals surface area contributed by atoms with Gasteiger partial charge in [0.1, 0.15) is 0 Å². The first-order valence-electron chi connectivity index (χ1n) is 4.28. The number of hydrogen-bond acceptors (Lipinski definition) is 2. The van der Waals surface area contributed by atoms with Crippen LogP contribution in [-0.2, 0) is 0 Å². The van der Waals surface area contributed by atoms with Gasteiger partial charge in [0.05, 0.1) is 6.61 Å². The Kier molecular flexibility index (Phi) is 1.66. The molecule has 10 heavy (non-hydrogen) atoms. The molecule has 2 bridgehead atoms. The molecule has 2 heterocycles. The van der Waals surface area contributed by atoms with E-state index in [-0.39, 0.29) is 0 Å². The van der Waals surface area contributed by atoms with Crippen LogP contribution in [-0.4, -0.2) is 35.2 Å². The van der Waals surface area contributed by atoms with Crippen molar-refractivity contribution < 1.29 is 5.11 Å². The van der Waals surface area contributed by atoms with Crippen LogP contribution in [0.15, 0.2) is 0 Å². The first-order chi connectivity index (χ1) is 4.92. The van der Waals surface area contributed by atoms with E-state index >= 15 is 0 Å². The van der Waals surface area contributed by atoms with Crippen molar-refractivity contribution in [3.63, 3.8) is 0 Å². The quantitative estimate of drug-likeness (QED) is 0.609. The van der Waals surface area contributed by atoms with Crippen molar-refractivity contribution in [3.8, 4) is 0 Å². The molecule has 2 fully saturated rings. The molecular weight excluding hydrogens is 126 g/mol. The zero-order chi connectivity index (χ0) is 6.97. The Balaban J connectivity index is 1.96. The van der Waals surface area contributed by atoms with Gasteiger partial charge in [0.15, 0.2) is 0 Å². The second-order valence-corrected chi connectivity index (χ2v) is 3.42. The number of nitrogens with zero attached hydrogens (tertiary/aromatic N) is 1. The van der Waals surface area contributed by atoms with Crippen LogP contribution in [0.2, 0.25) is 0 Å². The largest absolute Gasteiger partial charge is 0.395 e. The van der Waals surface area contributed by atoms with Gasteiger partial charge in [0.25, 0.3) is 0 Å². The van der Waals surface area contributed by atoms with Crippen molar-refractivity contribution in [1.82, 2.24) is 4.90 Å². The molecule has 2 heteroatoms. The average Bonchev–Trinajstić information content (AvgIpc) is 2.50. The summed E-state index contributed by atoms with van der Waals surface area (Å²) in [5, 5.41) is 8.75. The van der Waals surface area contributed by atoms with Crippen LogP contribution in [0.5, 0.6) is 0 Å². The van der Waals surface area contributed by atoms with Gasteiger partial charge in [-0.15, -0.1) is 0 Å². The Morgan fingerprint density at radius 3 is 2.00 bits per heavy atom. The van der Waals surface area contributed by atoms with Gasteiger partial charge in [0.2, 0.25) is 0 Å². The van der Waals surface area contributed by atoms with Crippen LogP contribution in [0.25, 0.3) is 0 Å². The first-order valence-corrected chi connectivity index (χ1v) is 4.28. The molecule has 1 N–H and O–H groups in total. The molecule has 2 aliphatic rings. The molecule has 2 rings (SSSR count). The maximum Gasteiger partial charge on any atom is 0.0558 e. The molecule has 0 amide bonds. The molecule has 0 spiro atoms. The van der Waals surface area contributed by atoms with Crippen LogP contribution >= 0.6 is 0 Å². The fraction of sp³-hybridized carbons (Fsp3) is 1.00. The number of hydrogen-bond donors (Lipinski definition) is 1. The summed E-state index contributed by atoms with van der Waals surface area (Å²) in [6, 6.07) is 1.66. The lowest BCUT2D eigenvalue weighted by Crippen LogP contribution is -2.31. The Labute approximate surface area is 61.8 Å². The molecule has 0 aromatic carbocycles. The molecule has 2 aliphatic heterocycles. The zero-order valence-electron chi connectivity index (χ0n) is 6.29. The van der Waals surface area contributed by atoms with E-state index < -0.39 is 0 Å². The number of aliphatic hydroxyl groups is 1. The third kappa shape index (κ3) is 0.867. The zero-order valence-corrected chi connectivity index (χ0v) is 6.29. The summed E-state index contributed by atoms with van der Waals surface area (Å²) in [4.78, 5) is 2.49. The molecule has 0 aromatic heterocycles. The van der Waals surface area contributed by atoms with Crippen molar-refractivity contribution in [3.05, 3.63) is 0 Å². The molecule has 2 nitrogen and oxygen atoms in total. The third-order valence-corrected chi connectivity index (χ3v) is 2.96. The maximum atomic E-state index is 8.75. The Morgan fingerprint density at radius 1 is 1.10 bits per heavy atom. The summed E-state index contributed by atoms with van der Waals surface area (Å²) >= 11 is 0. The van der Waals surface area contributed by atoms with Crippen molar-refractivity contribution in [2.45, 2.75) is 37.8 Å². The molecule has 0 aliphatic carbocycles. The van der Waals surface area contributed by atoms with Gasteiger partial charge in [-0.1, -0.05) is 0 Å². The Hall–Kier alpha value is -0.0800. The summed E-state index contributed by atoms with van der Waals surface area (Å²) in [7, 11) is 0. The maximum absolute atomic E-state index is 8.75. The molecule has 0 unspecified atom stereocenters. The van der Waals surface area contributed by atoms with E-state index in [0.717, 1.165) is 18.6 Å². The van der Waals surface area contributed by atoms with Gasteiger partial charge in [-0.3, -0.25) is 4.90 Å². The lowest BCUT2D eigenvalue weighted by molar-refractivity contribution is 0.182. The van der Waals surface area contributed by atoms with Crippen LogP contribution < -0.4 is 0 Å². The highest BCUT2D eigenvalue weighted by Crippen LogP contribution is 2.36. The van der Waals surface area contributed by atoms with Gasteiger partial charge >= 0.3 is 0 Å². The van der Waals surface area contributed by atoms with Crippen LogP contribution in [0.4, 0.5) is 0 Å². The SMILES string of the molecule is OCCN1C2CCC1CC2. The van der Waals surface area contributed by atoms with E-state index in [1.54, 1.807) is 0 Å². The number of rotatable bonds is 2. The third-order valence-electron chi connectivity index (χ3n) is 2.96. The minimum absolute atomic E-state index is 0.340. The lowest BCUT2D eigenvalue weighted by atomic mass is 10.0. The molecule has 2 saturated heterocycles. The lowest BCUT2D eigenvalue weighted by Gasteiger charge is -2.19. The van der Waals surface area contributed by atoms with E-state index in [2.05, 4.69) is 4.90 Å². The summed E-state index contributed by atoms with van der Waals surface area (Å²) in [5.41, 5.74) is 0. The molecular formula is C8H15NO. The van der Waals surface area contributed by atoms with Gasteiger partial charge in [-0.05, 0) is 25.7 Å². The number of aliphatic hydroxyl groups excluding tert-OH is 1. The minimum atomic E-state index is 0.340. The summed E-state index contributed by atoms with van der Waals surface area (Å²) < 4.78 is 0. The van der Waals surface area contributed by atoms with Crippen molar-refractivity contribution >= 4 is 0 Å². The highest BCUT2D eigenvalue weighted by atomic mass is 16.3. The second kappa shape index (κ2) is 2.51. The van der Waals surface area contributed by atoms with Crippen LogP contribution in [0.1, 0.15) is 25.7 Å². The van der Waals surface area contributed by atoms with Gasteiger partial charge in [0, 0.05) is 18.6 Å². The number of fused-ring (bicyclic) bond motifs is 2. The Bertz CT molecular complexity index is 106. The van der Waals surface area contributed by atoms with E-state index in [1.165, 1.54) is 25.7 Å². The summed E-state index contributed by atoms with van der Waals surface area (Å²) in [5.74, 6) is 0. The topological polar surface area (TPSA) is 23.5 Å². The minimum Gasteiger partial charge on any atom is -0.395 e. The fourth-order valence-electron chi connectivity index (χ4n) is 2.50. The summed E-state index contributed by atoms with van der Waals surface area (Å²) in [6.07, 6.45) is 5.52. The first kappa shape index (κ1) is 6.62. The Morgan fingerprint density at radius 2 is 1.60 bits per heavy atom. The summed E-state index contributed by atoms with van der Waals surface area (Å²) in [6.45, 7) is 1.25. The molecule has 0 aromatic rings. The fourth-order valence-corrected chi connectivity index (χ4v) is 2.50. The van der Waals surface area contributed by atoms with Gasteiger partial charge < -0.3 is 5.11 Å². The van der Waals surface area contributed by atoms with E-state index in [0.29, 0.717) is 6.61 Å². The van der Waals surface area contributed by atoms with Crippen molar-refractivity contribution in [1.29, 1.82) is 0 Å². The van der Waals surface area contributed by atoms with Gasteiger partial charge in [-0.2, -0.15) is 0 Å². The average molecular weight is 141 g/mol. The van der Waals surface area contributed by atoms with Crippen LogP contribution in [0.3, 0.4) is 0 Å². The molecule has 0 atom stereocenters. The van der Waals surface area contributed by atoms with E-state index in [4.69, 9.17) is 5.11 Å². The normalized spacial score (nSPS) is 39.3. The second-order valence-electron chi connectivity index (χ2n) is 3.42. The predicted octanol–water partition coefficient (Wildman–Crippen LogP) is 0.605.